The highest BCUT2D eigenvalue weighted by molar-refractivity contribution is 5.84. The van der Waals surface area contributed by atoms with E-state index in [0.717, 1.165) is 0 Å². The summed E-state index contributed by atoms with van der Waals surface area (Å²) in [4.78, 5) is 29.5. The lowest BCUT2D eigenvalue weighted by molar-refractivity contribution is -0.384. The van der Waals surface area contributed by atoms with Crippen LogP contribution in [0.1, 0.15) is 6.92 Å². The molecule has 0 saturated carbocycles. The van der Waals surface area contributed by atoms with E-state index in [2.05, 4.69) is 15.3 Å². The number of aromatic nitrogens is 2. The van der Waals surface area contributed by atoms with Crippen LogP contribution in [0.4, 0.5) is 16.3 Å². The molecule has 0 bridgehead atoms. The zero-order chi connectivity index (χ0) is 15.9. The summed E-state index contributed by atoms with van der Waals surface area (Å²) < 4.78 is 10.1. The smallest absolute Gasteiger partial charge is 0.418 e. The number of hydrogen-bond donors (Lipinski definition) is 1. The van der Waals surface area contributed by atoms with E-state index < -0.39 is 11.0 Å². The summed E-state index contributed by atoms with van der Waals surface area (Å²) in [5.41, 5.74) is -0.0925. The highest BCUT2D eigenvalue weighted by Crippen LogP contribution is 2.17. The maximum Gasteiger partial charge on any atom is 0.418 e. The van der Waals surface area contributed by atoms with Crippen LogP contribution in [0.5, 0.6) is 11.6 Å². The molecule has 22 heavy (non-hydrogen) atoms. The number of carbonyl (C=O) groups excluding carboxylic acids is 1. The van der Waals surface area contributed by atoms with Gasteiger partial charge in [0.1, 0.15) is 5.75 Å². The Morgan fingerprint density at radius 3 is 2.55 bits per heavy atom. The minimum absolute atomic E-state index is 0.0925. The van der Waals surface area contributed by atoms with Crippen molar-refractivity contribution in [3.05, 3.63) is 46.8 Å². The second-order valence-corrected chi connectivity index (χ2v) is 3.94. The molecule has 9 heteroatoms. The number of carbonyl (C=O) groups is 1. The summed E-state index contributed by atoms with van der Waals surface area (Å²) in [7, 11) is 0. The molecule has 114 valence electrons. The number of nitrogens with one attached hydrogen (secondary N) is 1. The van der Waals surface area contributed by atoms with Gasteiger partial charge in [-0.3, -0.25) is 15.4 Å². The summed E-state index contributed by atoms with van der Waals surface area (Å²) in [5.74, 6) is 0.703. The summed E-state index contributed by atoms with van der Waals surface area (Å²) in [6, 6.07) is 5.11. The zero-order valence-electron chi connectivity index (χ0n) is 11.6. The van der Waals surface area contributed by atoms with Crippen LogP contribution in [0.3, 0.4) is 0 Å². The van der Waals surface area contributed by atoms with Gasteiger partial charge in [0.15, 0.2) is 5.82 Å². The van der Waals surface area contributed by atoms with Crippen LogP contribution in [-0.4, -0.2) is 27.6 Å². The minimum atomic E-state index is -0.785. The van der Waals surface area contributed by atoms with Gasteiger partial charge >= 0.3 is 6.09 Å². The molecule has 0 radical (unpaired) electrons. The molecule has 0 aliphatic rings. The Hall–Kier alpha value is -3.23. The minimum Gasteiger partial charge on any atom is -0.477 e. The Morgan fingerprint density at radius 1 is 1.27 bits per heavy atom. The second kappa shape index (κ2) is 6.97. The zero-order valence-corrected chi connectivity index (χ0v) is 11.6. The van der Waals surface area contributed by atoms with Crippen LogP contribution in [0.2, 0.25) is 0 Å². The fraction of sp³-hybridized carbons (Fsp3) is 0.154. The van der Waals surface area contributed by atoms with E-state index in [1.165, 1.54) is 36.7 Å². The fourth-order valence-electron chi connectivity index (χ4n) is 1.48. The number of benzene rings is 1. The third-order valence-electron chi connectivity index (χ3n) is 2.41. The average molecular weight is 304 g/mol. The largest absolute Gasteiger partial charge is 0.477 e. The third-order valence-corrected chi connectivity index (χ3v) is 2.41. The maximum absolute atomic E-state index is 11.6. The summed E-state index contributed by atoms with van der Waals surface area (Å²) in [5, 5.41) is 12.9. The molecule has 0 fully saturated rings. The number of amides is 1. The Labute approximate surface area is 125 Å². The van der Waals surface area contributed by atoms with Gasteiger partial charge in [-0.1, -0.05) is 0 Å². The quantitative estimate of drug-likeness (QED) is 0.665. The Balaban J connectivity index is 1.93. The number of ether oxygens (including phenoxy) is 2. The first-order chi connectivity index (χ1) is 10.6. The van der Waals surface area contributed by atoms with Crippen LogP contribution in [0, 0.1) is 10.1 Å². The van der Waals surface area contributed by atoms with E-state index >= 15 is 0 Å². The number of hydrogen-bond acceptors (Lipinski definition) is 7. The number of nitro groups is 1. The highest BCUT2D eigenvalue weighted by Gasteiger charge is 2.09. The van der Waals surface area contributed by atoms with Crippen LogP contribution < -0.4 is 14.8 Å². The average Bonchev–Trinajstić information content (AvgIpc) is 2.50. The normalized spacial score (nSPS) is 9.86. The van der Waals surface area contributed by atoms with Crippen LogP contribution in [-0.2, 0) is 0 Å². The van der Waals surface area contributed by atoms with Crippen LogP contribution >= 0.6 is 0 Å². The molecule has 0 saturated heterocycles. The molecule has 0 atom stereocenters. The number of nitro benzene ring substituents is 1. The predicted molar refractivity (Wildman–Crippen MR) is 75.9 cm³/mol. The molecule has 1 heterocycles. The summed E-state index contributed by atoms with van der Waals surface area (Å²) >= 11 is 0. The molecule has 9 nitrogen and oxygen atoms in total. The third kappa shape index (κ3) is 4.13. The van der Waals surface area contributed by atoms with Crippen molar-refractivity contribution in [2.24, 2.45) is 0 Å². The number of rotatable bonds is 5. The Kier molecular flexibility index (Phi) is 4.81. The number of non-ortho nitro benzene ring substituents is 1. The second-order valence-electron chi connectivity index (χ2n) is 3.94. The molecular formula is C13H12N4O5. The van der Waals surface area contributed by atoms with Gasteiger partial charge in [-0.15, -0.1) is 0 Å². The van der Waals surface area contributed by atoms with Crippen molar-refractivity contribution in [2.45, 2.75) is 6.92 Å². The molecule has 1 aromatic heterocycles. The molecular weight excluding hydrogens is 292 g/mol. The fourth-order valence-corrected chi connectivity index (χ4v) is 1.48. The Bertz CT molecular complexity index is 657. The predicted octanol–water partition coefficient (Wildman–Crippen LogP) is 2.39. The van der Waals surface area contributed by atoms with Gasteiger partial charge in [-0.25, -0.2) is 14.8 Å². The number of nitrogens with zero attached hydrogens (tertiary/aromatic N) is 3. The van der Waals surface area contributed by atoms with Gasteiger partial charge < -0.3 is 9.47 Å². The van der Waals surface area contributed by atoms with Crippen LogP contribution in [0.25, 0.3) is 0 Å². The molecule has 1 amide bonds. The van der Waals surface area contributed by atoms with E-state index in [0.29, 0.717) is 12.5 Å². The first-order valence-electron chi connectivity index (χ1n) is 6.26. The van der Waals surface area contributed by atoms with Crippen molar-refractivity contribution >= 4 is 17.6 Å². The molecule has 0 aliphatic heterocycles. The van der Waals surface area contributed by atoms with Crippen molar-refractivity contribution in [3.63, 3.8) is 0 Å². The lowest BCUT2D eigenvalue weighted by atomic mass is 10.3. The van der Waals surface area contributed by atoms with Gasteiger partial charge in [0, 0.05) is 12.1 Å². The lowest BCUT2D eigenvalue weighted by Crippen LogP contribution is -2.17. The van der Waals surface area contributed by atoms with Crippen molar-refractivity contribution in [3.8, 4) is 11.6 Å². The van der Waals surface area contributed by atoms with E-state index in [9.17, 15) is 14.9 Å². The standard InChI is InChI=1S/C13H12N4O5/c1-2-21-12-8-14-11(7-15-12)16-13(18)22-10-5-3-9(4-6-10)17(19)20/h3-8H,2H2,1H3,(H,14,16,18). The van der Waals surface area contributed by atoms with E-state index in [-0.39, 0.29) is 17.3 Å². The van der Waals surface area contributed by atoms with E-state index in [1.807, 2.05) is 6.92 Å². The molecule has 1 N–H and O–H groups in total. The van der Waals surface area contributed by atoms with Gasteiger partial charge in [0.25, 0.3) is 5.69 Å². The Morgan fingerprint density at radius 2 is 2.00 bits per heavy atom. The van der Waals surface area contributed by atoms with Crippen molar-refractivity contribution in [1.29, 1.82) is 0 Å². The number of anilines is 1. The molecule has 2 aromatic rings. The van der Waals surface area contributed by atoms with Crippen LogP contribution in [0.15, 0.2) is 36.7 Å². The van der Waals surface area contributed by atoms with Gasteiger partial charge in [-0.2, -0.15) is 0 Å². The maximum atomic E-state index is 11.6. The van der Waals surface area contributed by atoms with Crippen molar-refractivity contribution in [1.82, 2.24) is 9.97 Å². The molecule has 1 aromatic carbocycles. The molecule has 0 unspecified atom stereocenters. The summed E-state index contributed by atoms with van der Waals surface area (Å²) in [6.07, 6.45) is 1.90. The van der Waals surface area contributed by atoms with E-state index in [4.69, 9.17) is 9.47 Å². The molecule has 2 rings (SSSR count). The van der Waals surface area contributed by atoms with Crippen molar-refractivity contribution < 1.29 is 19.2 Å². The van der Waals surface area contributed by atoms with E-state index in [1.54, 1.807) is 0 Å². The first kappa shape index (κ1) is 15.2. The lowest BCUT2D eigenvalue weighted by Gasteiger charge is -2.06. The SMILES string of the molecule is CCOc1cnc(NC(=O)Oc2ccc([N+](=O)[O-])cc2)cn1. The van der Waals surface area contributed by atoms with Crippen molar-refractivity contribution in [2.75, 3.05) is 11.9 Å². The molecule has 0 spiro atoms. The van der Waals surface area contributed by atoms with Gasteiger partial charge in [0.2, 0.25) is 5.88 Å². The topological polar surface area (TPSA) is 116 Å². The van der Waals surface area contributed by atoms with Gasteiger partial charge in [-0.05, 0) is 19.1 Å². The summed E-state index contributed by atoms with van der Waals surface area (Å²) in [6.45, 7) is 2.28. The monoisotopic (exact) mass is 304 g/mol. The highest BCUT2D eigenvalue weighted by atomic mass is 16.6. The van der Waals surface area contributed by atoms with Gasteiger partial charge in [0.05, 0.1) is 23.9 Å². The first-order valence-corrected chi connectivity index (χ1v) is 6.26. The molecule has 0 aliphatic carbocycles.